The van der Waals surface area contributed by atoms with E-state index in [1.807, 2.05) is 25.1 Å². The van der Waals surface area contributed by atoms with E-state index in [0.717, 1.165) is 36.4 Å². The lowest BCUT2D eigenvalue weighted by molar-refractivity contribution is -0.121. The first-order valence-electron chi connectivity index (χ1n) is 9.25. The van der Waals surface area contributed by atoms with Gasteiger partial charge in [-0.05, 0) is 43.4 Å². The summed E-state index contributed by atoms with van der Waals surface area (Å²) in [6.07, 6.45) is 6.79. The van der Waals surface area contributed by atoms with Gasteiger partial charge in [0.05, 0.1) is 0 Å². The molecule has 1 aromatic carbocycles. The molecule has 0 spiro atoms. The number of benzene rings is 1. The fraction of sp³-hybridized carbons (Fsp3) is 0.600. The lowest BCUT2D eigenvalue weighted by Gasteiger charge is -2.15. The van der Waals surface area contributed by atoms with Gasteiger partial charge in [0, 0.05) is 19.4 Å². The quantitative estimate of drug-likeness (QED) is 0.681. The predicted octanol–water partition coefficient (Wildman–Crippen LogP) is 4.79. The van der Waals surface area contributed by atoms with Crippen LogP contribution in [0.3, 0.4) is 0 Å². The zero-order chi connectivity index (χ0) is 17.4. The summed E-state index contributed by atoms with van der Waals surface area (Å²) in [7, 11) is 0. The number of oxazole rings is 1. The molecule has 2 aromatic rings. The van der Waals surface area contributed by atoms with Crippen molar-refractivity contribution in [3.8, 4) is 0 Å². The monoisotopic (exact) mass is 330 g/mol. The minimum Gasteiger partial charge on any atom is -0.441 e. The van der Waals surface area contributed by atoms with Crippen molar-refractivity contribution in [3.05, 3.63) is 29.7 Å². The Kier molecular flexibility index (Phi) is 7.29. The van der Waals surface area contributed by atoms with Crippen LogP contribution in [-0.2, 0) is 11.2 Å². The molecule has 1 aromatic heterocycles. The van der Waals surface area contributed by atoms with Gasteiger partial charge in [0.25, 0.3) is 0 Å². The molecule has 0 aliphatic rings. The van der Waals surface area contributed by atoms with Gasteiger partial charge in [0.15, 0.2) is 11.5 Å². The Labute approximate surface area is 145 Å². The Hall–Kier alpha value is -1.84. The molecular formula is C20H30N2O2. The highest BCUT2D eigenvalue weighted by Crippen LogP contribution is 2.18. The van der Waals surface area contributed by atoms with Crippen LogP contribution in [0.2, 0.25) is 0 Å². The molecule has 0 saturated heterocycles. The van der Waals surface area contributed by atoms with E-state index in [1.165, 1.54) is 24.8 Å². The molecule has 0 saturated carbocycles. The number of aryl methyl sites for hydroxylation is 2. The molecule has 0 aliphatic heterocycles. The molecule has 0 fully saturated rings. The fourth-order valence-electron chi connectivity index (χ4n) is 2.88. The Morgan fingerprint density at radius 3 is 2.88 bits per heavy atom. The summed E-state index contributed by atoms with van der Waals surface area (Å²) < 4.78 is 5.72. The maximum absolute atomic E-state index is 12.0. The van der Waals surface area contributed by atoms with E-state index >= 15 is 0 Å². The second-order valence-corrected chi connectivity index (χ2v) is 6.65. The van der Waals surface area contributed by atoms with Gasteiger partial charge in [-0.3, -0.25) is 4.79 Å². The molecule has 4 nitrogen and oxygen atoms in total. The highest BCUT2D eigenvalue weighted by molar-refractivity contribution is 5.76. The van der Waals surface area contributed by atoms with Crippen LogP contribution in [0.4, 0.5) is 0 Å². The summed E-state index contributed by atoms with van der Waals surface area (Å²) in [5.41, 5.74) is 2.90. The smallest absolute Gasteiger partial charge is 0.220 e. The van der Waals surface area contributed by atoms with Gasteiger partial charge in [-0.15, -0.1) is 0 Å². The highest BCUT2D eigenvalue weighted by Gasteiger charge is 2.10. The van der Waals surface area contributed by atoms with Gasteiger partial charge in [-0.1, -0.05) is 39.2 Å². The molecular weight excluding hydrogens is 300 g/mol. The molecule has 0 radical (unpaired) electrons. The van der Waals surface area contributed by atoms with Crippen molar-refractivity contribution in [2.24, 2.45) is 5.92 Å². The predicted molar refractivity (Wildman–Crippen MR) is 98.0 cm³/mol. The first-order chi connectivity index (χ1) is 11.6. The van der Waals surface area contributed by atoms with Gasteiger partial charge in [-0.25, -0.2) is 4.98 Å². The molecule has 0 bridgehead atoms. The zero-order valence-corrected chi connectivity index (χ0v) is 15.2. The second-order valence-electron chi connectivity index (χ2n) is 6.65. The first-order valence-corrected chi connectivity index (χ1v) is 9.25. The van der Waals surface area contributed by atoms with Gasteiger partial charge in [0.1, 0.15) is 5.52 Å². The van der Waals surface area contributed by atoms with Crippen molar-refractivity contribution < 1.29 is 9.21 Å². The number of carbonyl (C=O) groups excluding carboxylic acids is 1. The lowest BCUT2D eigenvalue weighted by Crippen LogP contribution is -2.29. The molecule has 1 amide bonds. The number of fused-ring (bicyclic) bond motifs is 1. The third-order valence-electron chi connectivity index (χ3n) is 4.51. The SMILES string of the molecule is CCCC[C@@H](CC)CNC(=O)CCCc1nc2cc(C)ccc2o1. The number of nitrogens with zero attached hydrogens (tertiary/aromatic N) is 1. The molecule has 4 heteroatoms. The summed E-state index contributed by atoms with van der Waals surface area (Å²) in [6, 6.07) is 6.00. The van der Waals surface area contributed by atoms with E-state index in [9.17, 15) is 4.79 Å². The van der Waals surface area contributed by atoms with E-state index in [4.69, 9.17) is 4.42 Å². The second kappa shape index (κ2) is 9.45. The number of carbonyl (C=O) groups is 1. The molecule has 2 rings (SSSR count). The standard InChI is InChI=1S/C20H30N2O2/c1-4-6-8-16(5-2)14-21-19(23)9-7-10-20-22-17-13-15(3)11-12-18(17)24-20/h11-13,16H,4-10,14H2,1-3H3,(H,21,23)/t16-/m1/s1. The summed E-state index contributed by atoms with van der Waals surface area (Å²) in [5, 5.41) is 3.07. The van der Waals surface area contributed by atoms with Crippen molar-refractivity contribution in [1.29, 1.82) is 0 Å². The number of hydrogen-bond acceptors (Lipinski definition) is 3. The van der Waals surface area contributed by atoms with Crippen molar-refractivity contribution in [2.45, 2.75) is 65.7 Å². The topological polar surface area (TPSA) is 55.1 Å². The van der Waals surface area contributed by atoms with Crippen molar-refractivity contribution in [1.82, 2.24) is 10.3 Å². The van der Waals surface area contributed by atoms with Crippen LogP contribution in [0, 0.1) is 12.8 Å². The van der Waals surface area contributed by atoms with Gasteiger partial charge in [0.2, 0.25) is 5.91 Å². The first kappa shape index (κ1) is 18.5. The van der Waals surface area contributed by atoms with Crippen molar-refractivity contribution >= 4 is 17.0 Å². The maximum Gasteiger partial charge on any atom is 0.220 e. The minimum atomic E-state index is 0.136. The van der Waals surface area contributed by atoms with Gasteiger partial charge in [-0.2, -0.15) is 0 Å². The van der Waals surface area contributed by atoms with E-state index in [1.54, 1.807) is 0 Å². The van der Waals surface area contributed by atoms with Crippen LogP contribution in [-0.4, -0.2) is 17.4 Å². The Morgan fingerprint density at radius 1 is 1.29 bits per heavy atom. The van der Waals surface area contributed by atoms with E-state index in [0.29, 0.717) is 18.8 Å². The molecule has 1 heterocycles. The highest BCUT2D eigenvalue weighted by atomic mass is 16.3. The normalized spacial score (nSPS) is 12.5. The van der Waals surface area contributed by atoms with E-state index in [-0.39, 0.29) is 5.91 Å². The fourth-order valence-corrected chi connectivity index (χ4v) is 2.88. The minimum absolute atomic E-state index is 0.136. The maximum atomic E-state index is 12.0. The van der Waals surface area contributed by atoms with Crippen LogP contribution in [0.5, 0.6) is 0 Å². The number of rotatable bonds is 10. The molecule has 0 unspecified atom stereocenters. The van der Waals surface area contributed by atoms with E-state index < -0.39 is 0 Å². The number of amides is 1. The van der Waals surface area contributed by atoms with Crippen LogP contribution in [0.1, 0.15) is 63.8 Å². The van der Waals surface area contributed by atoms with Crippen LogP contribution < -0.4 is 5.32 Å². The van der Waals surface area contributed by atoms with E-state index in [2.05, 4.69) is 24.1 Å². The van der Waals surface area contributed by atoms with Gasteiger partial charge >= 0.3 is 0 Å². The summed E-state index contributed by atoms with van der Waals surface area (Å²) in [5.74, 6) is 1.46. The molecule has 0 aliphatic carbocycles. The zero-order valence-electron chi connectivity index (χ0n) is 15.2. The average molecular weight is 330 g/mol. The number of nitrogens with one attached hydrogen (secondary N) is 1. The Morgan fingerprint density at radius 2 is 2.12 bits per heavy atom. The Bertz CT molecular complexity index is 648. The van der Waals surface area contributed by atoms with Gasteiger partial charge < -0.3 is 9.73 Å². The third kappa shape index (κ3) is 5.66. The number of hydrogen-bond donors (Lipinski definition) is 1. The molecule has 1 N–H and O–H groups in total. The average Bonchev–Trinajstić information content (AvgIpc) is 2.96. The molecule has 24 heavy (non-hydrogen) atoms. The lowest BCUT2D eigenvalue weighted by atomic mass is 9.99. The molecule has 132 valence electrons. The molecule has 1 atom stereocenters. The summed E-state index contributed by atoms with van der Waals surface area (Å²) >= 11 is 0. The van der Waals surface area contributed by atoms with Crippen LogP contribution in [0.25, 0.3) is 11.1 Å². The Balaban J connectivity index is 1.71. The van der Waals surface area contributed by atoms with Crippen LogP contribution in [0.15, 0.2) is 22.6 Å². The number of unbranched alkanes of at least 4 members (excludes halogenated alkanes) is 1. The third-order valence-corrected chi connectivity index (χ3v) is 4.51. The summed E-state index contributed by atoms with van der Waals surface area (Å²) in [6.45, 7) is 7.25. The summed E-state index contributed by atoms with van der Waals surface area (Å²) in [4.78, 5) is 16.5. The largest absolute Gasteiger partial charge is 0.441 e. The van der Waals surface area contributed by atoms with Crippen molar-refractivity contribution in [3.63, 3.8) is 0 Å². The van der Waals surface area contributed by atoms with Crippen LogP contribution >= 0.6 is 0 Å². The van der Waals surface area contributed by atoms with Crippen molar-refractivity contribution in [2.75, 3.05) is 6.54 Å². The number of aromatic nitrogens is 1.